The van der Waals surface area contributed by atoms with Gasteiger partial charge in [-0.1, -0.05) is 0 Å². The van der Waals surface area contributed by atoms with Crippen molar-refractivity contribution in [2.24, 2.45) is 0 Å². The smallest absolute Gasteiger partial charge is 0.264 e. The first-order valence-electron chi connectivity index (χ1n) is 7.40. The van der Waals surface area contributed by atoms with Gasteiger partial charge in [0.25, 0.3) is 11.8 Å². The van der Waals surface area contributed by atoms with Crippen LogP contribution in [0.3, 0.4) is 0 Å². The highest BCUT2D eigenvalue weighted by Crippen LogP contribution is 2.40. The molecular weight excluding hydrogens is 314 g/mol. The fraction of sp³-hybridized carbons (Fsp3) is 0.250. The summed E-state index contributed by atoms with van der Waals surface area (Å²) in [5.74, 6) is -0.132. The number of ether oxygens (including phenoxy) is 1. The van der Waals surface area contributed by atoms with Crippen LogP contribution in [0.2, 0.25) is 0 Å². The van der Waals surface area contributed by atoms with E-state index in [-0.39, 0.29) is 11.8 Å². The van der Waals surface area contributed by atoms with Crippen LogP contribution in [0.4, 0.5) is 5.00 Å². The summed E-state index contributed by atoms with van der Waals surface area (Å²) in [6.45, 7) is 2.37. The van der Waals surface area contributed by atoms with Gasteiger partial charge in [-0.2, -0.15) is 0 Å². The molecule has 7 heteroatoms. The lowest BCUT2D eigenvalue weighted by molar-refractivity contribution is -0.110. The highest BCUT2D eigenvalue weighted by Gasteiger charge is 2.30. The van der Waals surface area contributed by atoms with Crippen molar-refractivity contribution in [3.8, 4) is 0 Å². The number of hydrogen-bond acceptors (Lipinski definition) is 4. The lowest BCUT2D eigenvalue weighted by atomic mass is 10.1. The zero-order valence-electron chi connectivity index (χ0n) is 12.3. The van der Waals surface area contributed by atoms with E-state index in [4.69, 9.17) is 4.74 Å². The average Bonchev–Trinajstić information content (AvgIpc) is 3.27. The fourth-order valence-corrected chi connectivity index (χ4v) is 3.77. The highest BCUT2D eigenvalue weighted by molar-refractivity contribution is 7.18. The highest BCUT2D eigenvalue weighted by atomic mass is 32.1. The molecule has 0 aliphatic carbocycles. The van der Waals surface area contributed by atoms with Crippen molar-refractivity contribution < 1.29 is 14.3 Å². The first kappa shape index (κ1) is 14.2. The number of thiophene rings is 1. The maximum absolute atomic E-state index is 12.6. The van der Waals surface area contributed by atoms with E-state index in [9.17, 15) is 9.59 Å². The Hall–Kier alpha value is -2.38. The Morgan fingerprint density at radius 3 is 2.91 bits per heavy atom. The van der Waals surface area contributed by atoms with Gasteiger partial charge >= 0.3 is 0 Å². The average molecular weight is 329 g/mol. The Morgan fingerprint density at radius 1 is 1.35 bits per heavy atom. The van der Waals surface area contributed by atoms with E-state index < -0.39 is 0 Å². The summed E-state index contributed by atoms with van der Waals surface area (Å²) in [5, 5.41) is 3.58. The summed E-state index contributed by atoms with van der Waals surface area (Å²) in [5.41, 5.74) is 2.24. The maximum atomic E-state index is 12.6. The van der Waals surface area contributed by atoms with Gasteiger partial charge in [0, 0.05) is 30.5 Å². The molecule has 1 fully saturated rings. The molecule has 0 bridgehead atoms. The van der Waals surface area contributed by atoms with Crippen LogP contribution in [-0.4, -0.2) is 48.0 Å². The molecule has 118 valence electrons. The van der Waals surface area contributed by atoms with Crippen molar-refractivity contribution in [3.63, 3.8) is 0 Å². The van der Waals surface area contributed by atoms with Gasteiger partial charge in [0.05, 0.1) is 23.7 Å². The van der Waals surface area contributed by atoms with Crippen molar-refractivity contribution in [2.45, 2.75) is 0 Å². The fourth-order valence-electron chi connectivity index (χ4n) is 2.74. The third kappa shape index (κ3) is 2.58. The number of rotatable bonds is 2. The van der Waals surface area contributed by atoms with E-state index in [1.807, 2.05) is 18.2 Å². The standard InChI is InChI=1S/C16H15N3O3S/c20-14-11(8-10-2-1-3-17-10)12-9-13(23-15(12)18-14)16(21)19-4-6-22-7-5-19/h1-3,8-9,17H,4-7H2,(H,18,20). The van der Waals surface area contributed by atoms with Crippen LogP contribution in [0.15, 0.2) is 24.4 Å². The summed E-state index contributed by atoms with van der Waals surface area (Å²) in [6.07, 6.45) is 3.61. The molecule has 2 amide bonds. The second kappa shape index (κ2) is 5.68. The van der Waals surface area contributed by atoms with E-state index in [2.05, 4.69) is 10.3 Å². The number of aromatic amines is 1. The maximum Gasteiger partial charge on any atom is 0.264 e. The number of hydrogen-bond donors (Lipinski definition) is 2. The molecule has 0 radical (unpaired) electrons. The van der Waals surface area contributed by atoms with Gasteiger partial charge in [-0.3, -0.25) is 9.59 Å². The van der Waals surface area contributed by atoms with E-state index >= 15 is 0 Å². The Kier molecular flexibility index (Phi) is 3.51. The number of nitrogens with zero attached hydrogens (tertiary/aromatic N) is 1. The minimum absolute atomic E-state index is 0.00109. The molecule has 0 saturated carbocycles. The summed E-state index contributed by atoms with van der Waals surface area (Å²) < 4.78 is 5.28. The predicted octanol–water partition coefficient (Wildman–Crippen LogP) is 2.04. The molecule has 1 saturated heterocycles. The van der Waals surface area contributed by atoms with Gasteiger partial charge in [-0.25, -0.2) is 0 Å². The van der Waals surface area contributed by atoms with Gasteiger partial charge in [-0.05, 0) is 24.3 Å². The normalized spacial score (nSPS) is 19.0. The number of amides is 2. The van der Waals surface area contributed by atoms with E-state index in [1.54, 1.807) is 17.2 Å². The monoisotopic (exact) mass is 329 g/mol. The van der Waals surface area contributed by atoms with Crippen LogP contribution in [0, 0.1) is 0 Å². The van der Waals surface area contributed by atoms with Crippen molar-refractivity contribution in [3.05, 3.63) is 40.5 Å². The molecule has 0 unspecified atom stereocenters. The predicted molar refractivity (Wildman–Crippen MR) is 88.3 cm³/mol. The summed E-state index contributed by atoms with van der Waals surface area (Å²) >= 11 is 1.33. The third-order valence-electron chi connectivity index (χ3n) is 3.92. The second-order valence-electron chi connectivity index (χ2n) is 5.40. The molecule has 6 nitrogen and oxygen atoms in total. The SMILES string of the molecule is O=C1Nc2sc(C(=O)N3CCOCC3)cc2C1=Cc1ccc[nH]1. The minimum atomic E-state index is -0.133. The molecule has 4 heterocycles. The molecule has 4 rings (SSSR count). The van der Waals surface area contributed by atoms with Gasteiger partial charge in [0.2, 0.25) is 0 Å². The number of nitrogens with one attached hydrogen (secondary N) is 2. The number of H-pyrrole nitrogens is 1. The van der Waals surface area contributed by atoms with E-state index in [0.29, 0.717) is 36.8 Å². The van der Waals surface area contributed by atoms with Gasteiger partial charge in [0.1, 0.15) is 5.00 Å². The summed E-state index contributed by atoms with van der Waals surface area (Å²) in [6, 6.07) is 5.58. The van der Waals surface area contributed by atoms with Crippen molar-refractivity contribution in [2.75, 3.05) is 31.6 Å². The molecule has 0 atom stereocenters. The van der Waals surface area contributed by atoms with Crippen LogP contribution in [-0.2, 0) is 9.53 Å². The largest absolute Gasteiger partial charge is 0.378 e. The Morgan fingerprint density at radius 2 is 2.17 bits per heavy atom. The molecule has 2 aliphatic rings. The van der Waals surface area contributed by atoms with Gasteiger partial charge in [0.15, 0.2) is 0 Å². The number of fused-ring (bicyclic) bond motifs is 1. The van der Waals surface area contributed by atoms with Crippen molar-refractivity contribution in [1.29, 1.82) is 0 Å². The van der Waals surface area contributed by atoms with E-state index in [0.717, 1.165) is 16.3 Å². The van der Waals surface area contributed by atoms with Crippen molar-refractivity contribution in [1.82, 2.24) is 9.88 Å². The van der Waals surface area contributed by atoms with Crippen molar-refractivity contribution >= 4 is 39.8 Å². The number of carbonyl (C=O) groups excluding carboxylic acids is 2. The molecular formula is C16H15N3O3S. The molecule has 2 aliphatic heterocycles. The summed E-state index contributed by atoms with van der Waals surface area (Å²) in [4.78, 5) is 30.2. The zero-order chi connectivity index (χ0) is 15.8. The molecule has 23 heavy (non-hydrogen) atoms. The topological polar surface area (TPSA) is 74.4 Å². The minimum Gasteiger partial charge on any atom is -0.378 e. The van der Waals surface area contributed by atoms with Crippen LogP contribution in [0.1, 0.15) is 20.9 Å². The molecule has 0 spiro atoms. The summed E-state index contributed by atoms with van der Waals surface area (Å²) in [7, 11) is 0. The second-order valence-corrected chi connectivity index (χ2v) is 6.45. The molecule has 2 N–H and O–H groups in total. The first-order chi connectivity index (χ1) is 11.2. The third-order valence-corrected chi connectivity index (χ3v) is 4.96. The quantitative estimate of drug-likeness (QED) is 0.828. The van der Waals surface area contributed by atoms with Gasteiger partial charge < -0.3 is 19.9 Å². The van der Waals surface area contributed by atoms with E-state index in [1.165, 1.54) is 11.3 Å². The first-order valence-corrected chi connectivity index (χ1v) is 8.22. The van der Waals surface area contributed by atoms with Crippen LogP contribution < -0.4 is 5.32 Å². The number of anilines is 1. The van der Waals surface area contributed by atoms with Crippen LogP contribution in [0.5, 0.6) is 0 Å². The molecule has 2 aromatic heterocycles. The molecule has 2 aromatic rings. The number of aromatic nitrogens is 1. The number of morpholine rings is 1. The van der Waals surface area contributed by atoms with Gasteiger partial charge in [-0.15, -0.1) is 11.3 Å². The Labute approximate surface area is 136 Å². The Bertz CT molecular complexity index is 786. The van der Waals surface area contributed by atoms with Crippen LogP contribution >= 0.6 is 11.3 Å². The molecule has 0 aromatic carbocycles. The zero-order valence-corrected chi connectivity index (χ0v) is 13.1. The lowest BCUT2D eigenvalue weighted by Gasteiger charge is -2.26. The lowest BCUT2D eigenvalue weighted by Crippen LogP contribution is -2.40. The Balaban J connectivity index is 1.64. The number of carbonyl (C=O) groups is 2. The van der Waals surface area contributed by atoms with Crippen LogP contribution in [0.25, 0.3) is 11.6 Å².